The molecular formula is C32H40B2N4O11P2S3. The first-order chi connectivity index (χ1) is 25.5. The molecule has 3 aliphatic heterocycles. The maximum Gasteiger partial charge on any atom is 0.323 e. The van der Waals surface area contributed by atoms with Gasteiger partial charge in [-0.05, 0) is 68.5 Å². The van der Waals surface area contributed by atoms with Crippen LogP contribution in [0.5, 0.6) is 23.0 Å². The summed E-state index contributed by atoms with van der Waals surface area (Å²) < 4.78 is 54.6. The summed E-state index contributed by atoms with van der Waals surface area (Å²) in [4.78, 5) is 12.5. The highest BCUT2D eigenvalue weighted by atomic mass is 32.7. The first kappa shape index (κ1) is 41.1. The van der Waals surface area contributed by atoms with Crippen molar-refractivity contribution in [1.82, 2.24) is 15.5 Å². The highest BCUT2D eigenvalue weighted by Crippen LogP contribution is 2.53. The number of phenolic OH excluding ortho intramolecular Hbond substituents is 2. The number of benzene rings is 3. The van der Waals surface area contributed by atoms with Crippen molar-refractivity contribution in [2.24, 2.45) is 0 Å². The molecule has 8 atom stereocenters. The summed E-state index contributed by atoms with van der Waals surface area (Å²) in [6.07, 6.45) is 0.543. The summed E-state index contributed by atoms with van der Waals surface area (Å²) in [5.74, 6) is 0.129. The quantitative estimate of drug-likeness (QED) is 0.0399. The lowest BCUT2D eigenvalue weighted by atomic mass is 9.76. The standard InChI is InChI=1S/C32H40B2N4O11P2S3/c1-35-50(43,53)45-15-28-24(12-30(34)49-28)38-51(44,54)46-14-27-23(11-29(33)48-27)37-31(52)36-17-2-5-20(16(8-17)13-39)32(42)21-6-3-18(40)9-25(21)47-26-10-19(41)4-7-22(26)32/h2-10,13,23-24,27-30,40-42H,11-12,14-15,33-34H2,1H3,(H2,35,43,53)(H2,36,37,52)(H2,38,44,54). The lowest BCUT2D eigenvalue weighted by Gasteiger charge is -2.37. The molecule has 0 saturated carbocycles. The molecule has 0 spiro atoms. The number of fused-ring (bicyclic) bond motifs is 2. The third kappa shape index (κ3) is 9.17. The van der Waals surface area contributed by atoms with E-state index in [4.69, 9.17) is 35.5 Å². The SMILES string of the molecule is BC1CC(NC(=S)Nc2ccc(C3(O)c4ccc(O)cc4Oc4cc(O)ccc43)c(C=O)c2)C(COP(=O)(S)NC2CC(B)OC2COP(=O)(S)NC)O1. The first-order valence-electron chi connectivity index (χ1n) is 17.0. The largest absolute Gasteiger partial charge is 0.508 e. The van der Waals surface area contributed by atoms with Crippen molar-refractivity contribution in [2.75, 3.05) is 25.6 Å². The van der Waals surface area contributed by atoms with Crippen LogP contribution >= 0.6 is 50.2 Å². The van der Waals surface area contributed by atoms with Crippen LogP contribution in [0, 0.1) is 0 Å². The maximum absolute atomic E-state index is 13.4. The Hall–Kier alpha value is -2.57. The number of hydrogen-bond acceptors (Lipinski definition) is 12. The van der Waals surface area contributed by atoms with Gasteiger partial charge < -0.3 is 49.2 Å². The molecule has 3 aliphatic rings. The van der Waals surface area contributed by atoms with E-state index >= 15 is 0 Å². The zero-order valence-corrected chi connectivity index (χ0v) is 33.8. The van der Waals surface area contributed by atoms with Crippen LogP contribution in [0.3, 0.4) is 0 Å². The number of rotatable bonds is 13. The molecule has 15 nitrogen and oxygen atoms in total. The smallest absolute Gasteiger partial charge is 0.323 e. The summed E-state index contributed by atoms with van der Waals surface area (Å²) in [5, 5.41) is 44.6. The predicted octanol–water partition coefficient (Wildman–Crippen LogP) is 2.74. The van der Waals surface area contributed by atoms with Crippen LogP contribution in [0.15, 0.2) is 54.6 Å². The summed E-state index contributed by atoms with van der Waals surface area (Å²) in [6, 6.07) is 12.2. The Morgan fingerprint density at radius 3 is 2.02 bits per heavy atom. The molecule has 6 rings (SSSR count). The number of anilines is 1. The number of phenols is 2. The molecule has 3 aromatic rings. The Bertz CT molecular complexity index is 1970. The number of thiol groups is 2. The number of carbonyl (C=O) groups excluding carboxylic acids is 1. The second-order valence-electron chi connectivity index (χ2n) is 13.3. The average molecular weight is 836 g/mol. The molecule has 0 aromatic heterocycles. The van der Waals surface area contributed by atoms with Crippen LogP contribution in [0.2, 0.25) is 0 Å². The van der Waals surface area contributed by atoms with Crippen LogP contribution < -0.4 is 25.5 Å². The molecule has 22 heteroatoms. The number of thiocarbonyl (C=S) groups is 1. The van der Waals surface area contributed by atoms with Gasteiger partial charge >= 0.3 is 13.4 Å². The first-order valence-corrected chi connectivity index (χ1v) is 22.9. The van der Waals surface area contributed by atoms with Crippen LogP contribution in [0.1, 0.15) is 39.9 Å². The minimum atomic E-state index is -3.68. The summed E-state index contributed by atoms with van der Waals surface area (Å²) >= 11 is 13.9. The van der Waals surface area contributed by atoms with Crippen LogP contribution in [0.25, 0.3) is 0 Å². The summed E-state index contributed by atoms with van der Waals surface area (Å²) in [7, 11) is 5.23. The van der Waals surface area contributed by atoms with E-state index in [1.54, 1.807) is 18.2 Å². The number of ether oxygens (including phenoxy) is 3. The van der Waals surface area contributed by atoms with E-state index in [9.17, 15) is 29.2 Å². The van der Waals surface area contributed by atoms with E-state index in [2.05, 4.69) is 45.3 Å². The van der Waals surface area contributed by atoms with Crippen molar-refractivity contribution in [1.29, 1.82) is 0 Å². The Balaban J connectivity index is 1.12. The Morgan fingerprint density at radius 2 is 1.44 bits per heavy atom. The van der Waals surface area contributed by atoms with Crippen molar-refractivity contribution >= 4 is 82.9 Å². The van der Waals surface area contributed by atoms with Gasteiger partial charge in [0.05, 0.1) is 25.4 Å². The maximum atomic E-state index is 13.4. The molecule has 2 saturated heterocycles. The lowest BCUT2D eigenvalue weighted by molar-refractivity contribution is 0.0402. The number of hydrogen-bond donors (Lipinski definition) is 9. The fraction of sp³-hybridized carbons (Fsp3) is 0.375. The van der Waals surface area contributed by atoms with Gasteiger partial charge in [0, 0.05) is 58.1 Å². The second-order valence-corrected chi connectivity index (χ2v) is 20.2. The molecule has 3 heterocycles. The molecule has 0 radical (unpaired) electrons. The zero-order chi connectivity index (χ0) is 39.0. The van der Waals surface area contributed by atoms with Gasteiger partial charge in [-0.15, -0.1) is 0 Å². The Labute approximate surface area is 329 Å². The summed E-state index contributed by atoms with van der Waals surface area (Å²) in [6.45, 7) is -7.12. The number of aliphatic hydroxyl groups is 1. The molecule has 2 fully saturated rings. The lowest BCUT2D eigenvalue weighted by Crippen LogP contribution is -2.44. The number of carbonyl (C=O) groups is 1. The molecule has 0 aliphatic carbocycles. The van der Waals surface area contributed by atoms with Crippen LogP contribution in [-0.2, 0) is 33.3 Å². The van der Waals surface area contributed by atoms with Gasteiger partial charge in [-0.2, -0.15) is 0 Å². The van der Waals surface area contributed by atoms with E-state index in [1.807, 2.05) is 15.7 Å². The molecule has 3 aromatic carbocycles. The van der Waals surface area contributed by atoms with E-state index in [0.717, 1.165) is 0 Å². The normalized spacial score (nSPS) is 26.4. The molecular weight excluding hydrogens is 796 g/mol. The third-order valence-electron chi connectivity index (χ3n) is 9.40. The zero-order valence-electron chi connectivity index (χ0n) is 29.4. The third-order valence-corrected chi connectivity index (χ3v) is 13.5. The molecule has 54 heavy (non-hydrogen) atoms. The monoisotopic (exact) mass is 836 g/mol. The van der Waals surface area contributed by atoms with Crippen molar-refractivity contribution in [2.45, 2.75) is 54.7 Å². The van der Waals surface area contributed by atoms with E-state index in [1.165, 1.54) is 43.4 Å². The molecule has 288 valence electrons. The highest BCUT2D eigenvalue weighted by molar-refractivity contribution is 8.45. The predicted molar refractivity (Wildman–Crippen MR) is 218 cm³/mol. The van der Waals surface area contributed by atoms with Gasteiger partial charge in [-0.1, -0.05) is 30.6 Å². The van der Waals surface area contributed by atoms with Gasteiger partial charge in [-0.25, -0.2) is 10.2 Å². The second kappa shape index (κ2) is 16.5. The topological polar surface area (TPSA) is 206 Å². The summed E-state index contributed by atoms with van der Waals surface area (Å²) in [5.41, 5.74) is -0.475. The van der Waals surface area contributed by atoms with Gasteiger partial charge in [-0.3, -0.25) is 13.9 Å². The number of aromatic hydroxyl groups is 2. The fourth-order valence-electron chi connectivity index (χ4n) is 6.92. The van der Waals surface area contributed by atoms with Gasteiger partial charge in [0.25, 0.3) is 0 Å². The minimum absolute atomic E-state index is 0.0529. The average Bonchev–Trinajstić information content (AvgIpc) is 3.64. The van der Waals surface area contributed by atoms with Gasteiger partial charge in [0.15, 0.2) is 11.4 Å². The van der Waals surface area contributed by atoms with Crippen molar-refractivity contribution in [3.8, 4) is 23.0 Å². The number of aldehydes is 1. The molecule has 0 amide bonds. The fourth-order valence-corrected chi connectivity index (χ4v) is 9.63. The number of nitrogens with one attached hydrogen (secondary N) is 4. The van der Waals surface area contributed by atoms with Crippen molar-refractivity contribution in [3.63, 3.8) is 0 Å². The minimum Gasteiger partial charge on any atom is -0.508 e. The van der Waals surface area contributed by atoms with Crippen molar-refractivity contribution < 1.29 is 52.5 Å². The Morgan fingerprint density at radius 1 is 0.907 bits per heavy atom. The van der Waals surface area contributed by atoms with Gasteiger partial charge in [0.1, 0.15) is 50.4 Å². The highest BCUT2D eigenvalue weighted by Gasteiger charge is 2.44. The van der Waals surface area contributed by atoms with Gasteiger partial charge in [0.2, 0.25) is 0 Å². The Kier molecular flexibility index (Phi) is 12.5. The molecule has 8 unspecified atom stereocenters. The molecule has 7 N–H and O–H groups in total. The van der Waals surface area contributed by atoms with Crippen LogP contribution in [0.4, 0.5) is 5.69 Å². The van der Waals surface area contributed by atoms with E-state index in [0.29, 0.717) is 35.9 Å². The van der Waals surface area contributed by atoms with Crippen LogP contribution in [-0.4, -0.2) is 99.0 Å². The van der Waals surface area contributed by atoms with E-state index in [-0.39, 0.29) is 70.5 Å². The molecule has 0 bridgehead atoms. The van der Waals surface area contributed by atoms with Crippen molar-refractivity contribution in [3.05, 3.63) is 76.9 Å². The van der Waals surface area contributed by atoms with E-state index < -0.39 is 37.3 Å².